The quantitative estimate of drug-likeness (QED) is 0.551. The van der Waals surface area contributed by atoms with Crippen molar-refractivity contribution in [2.75, 3.05) is 11.6 Å². The number of nitrogens with one attached hydrogen (secondary N) is 1. The third-order valence-electron chi connectivity index (χ3n) is 5.63. The summed E-state index contributed by atoms with van der Waals surface area (Å²) in [4.78, 5) is 4.56. The molecule has 0 unspecified atom stereocenters. The zero-order valence-corrected chi connectivity index (χ0v) is 18.2. The topological polar surface area (TPSA) is 105 Å². The molecule has 0 bridgehead atoms. The number of hydrogen-bond acceptors (Lipinski definition) is 6. The molecule has 0 radical (unpaired) electrons. The Hall–Kier alpha value is -2.35. The lowest BCUT2D eigenvalue weighted by Crippen LogP contribution is -2.33. The van der Waals surface area contributed by atoms with Crippen LogP contribution in [0.1, 0.15) is 25.7 Å². The second-order valence-electron chi connectivity index (χ2n) is 7.92. The summed E-state index contributed by atoms with van der Waals surface area (Å²) < 4.78 is 25.0. The second-order valence-corrected chi connectivity index (χ2v) is 10.3. The molecule has 8 heteroatoms. The first-order valence-electron chi connectivity index (χ1n) is 9.86. The Balaban J connectivity index is 1.85. The fraction of sp³-hybridized carbons (Fsp3) is 0.318. The summed E-state index contributed by atoms with van der Waals surface area (Å²) in [6.45, 7) is 0. The van der Waals surface area contributed by atoms with Crippen LogP contribution in [0.4, 0.5) is 5.69 Å². The van der Waals surface area contributed by atoms with E-state index in [9.17, 15) is 13.5 Å². The number of anilines is 1. The Kier molecular flexibility index (Phi) is 5.61. The molecular weight excluding hydrogens is 422 g/mol. The number of benzene rings is 2. The molecule has 0 amide bonds. The fourth-order valence-corrected chi connectivity index (χ4v) is 4.90. The number of pyridine rings is 1. The lowest BCUT2D eigenvalue weighted by molar-refractivity contribution is 0.411. The van der Waals surface area contributed by atoms with Crippen molar-refractivity contribution in [3.05, 3.63) is 47.6 Å². The Bertz CT molecular complexity index is 1210. The number of nitrogens with two attached hydrogens (primary N) is 1. The van der Waals surface area contributed by atoms with Crippen LogP contribution in [0.2, 0.25) is 5.02 Å². The first-order chi connectivity index (χ1) is 14.2. The number of nitrogens with zero attached hydrogens (tertiary/aromatic N) is 1. The van der Waals surface area contributed by atoms with Crippen LogP contribution in [-0.4, -0.2) is 36.8 Å². The molecule has 1 saturated carbocycles. The van der Waals surface area contributed by atoms with Gasteiger partial charge in [0.2, 0.25) is 0 Å². The molecule has 1 aliphatic carbocycles. The van der Waals surface area contributed by atoms with E-state index in [-0.39, 0.29) is 27.8 Å². The van der Waals surface area contributed by atoms with Crippen LogP contribution in [0.15, 0.2) is 47.5 Å². The lowest BCUT2D eigenvalue weighted by atomic mass is 9.91. The summed E-state index contributed by atoms with van der Waals surface area (Å²) in [6.07, 6.45) is 6.22. The van der Waals surface area contributed by atoms with Gasteiger partial charge in [-0.3, -0.25) is 4.98 Å². The summed E-state index contributed by atoms with van der Waals surface area (Å²) in [5, 5.41) is 14.2. The van der Waals surface area contributed by atoms with E-state index in [2.05, 4.69) is 10.3 Å². The maximum absolute atomic E-state index is 12.5. The number of fused-ring (bicyclic) bond motifs is 1. The molecule has 4 N–H and O–H groups in total. The predicted molar refractivity (Wildman–Crippen MR) is 121 cm³/mol. The van der Waals surface area contributed by atoms with Gasteiger partial charge in [-0.15, -0.1) is 0 Å². The number of halogens is 1. The Morgan fingerprint density at radius 1 is 1.10 bits per heavy atom. The normalized spacial score (nSPS) is 19.7. The van der Waals surface area contributed by atoms with E-state index in [0.29, 0.717) is 11.2 Å². The second kappa shape index (κ2) is 8.06. The molecule has 2 aromatic carbocycles. The van der Waals surface area contributed by atoms with Gasteiger partial charge in [-0.05, 0) is 61.1 Å². The molecular formula is C22H24ClN3O3S. The first-order valence-corrected chi connectivity index (χ1v) is 12.1. The maximum atomic E-state index is 12.5. The SMILES string of the molecule is CS(=O)(=O)c1cnc2ccc(-c3ccc(O)c(Cl)c3)cc2c1NC1CCC(N)CC1. The summed E-state index contributed by atoms with van der Waals surface area (Å²) >= 11 is 6.07. The molecule has 6 nitrogen and oxygen atoms in total. The third-order valence-corrected chi connectivity index (χ3v) is 7.05. The molecule has 0 spiro atoms. The van der Waals surface area contributed by atoms with Crippen molar-refractivity contribution >= 4 is 38.0 Å². The van der Waals surface area contributed by atoms with Crippen LogP contribution in [-0.2, 0) is 9.84 Å². The van der Waals surface area contributed by atoms with Crippen molar-refractivity contribution in [3.63, 3.8) is 0 Å². The average Bonchev–Trinajstić information content (AvgIpc) is 2.70. The van der Waals surface area contributed by atoms with Gasteiger partial charge in [0.15, 0.2) is 9.84 Å². The molecule has 1 aliphatic rings. The number of rotatable bonds is 4. The van der Waals surface area contributed by atoms with Crippen molar-refractivity contribution in [1.29, 1.82) is 0 Å². The van der Waals surface area contributed by atoms with E-state index in [1.165, 1.54) is 18.5 Å². The van der Waals surface area contributed by atoms with Crippen molar-refractivity contribution in [3.8, 4) is 16.9 Å². The Morgan fingerprint density at radius 2 is 1.77 bits per heavy atom. The van der Waals surface area contributed by atoms with Gasteiger partial charge in [-0.2, -0.15) is 0 Å². The summed E-state index contributed by atoms with van der Waals surface area (Å²) in [7, 11) is -3.48. The van der Waals surface area contributed by atoms with Crippen LogP contribution in [0.25, 0.3) is 22.0 Å². The summed E-state index contributed by atoms with van der Waals surface area (Å²) in [5.41, 5.74) is 8.97. The first kappa shape index (κ1) is 20.9. The van der Waals surface area contributed by atoms with Gasteiger partial charge in [0.05, 0.1) is 16.2 Å². The van der Waals surface area contributed by atoms with E-state index < -0.39 is 9.84 Å². The number of phenolic OH excluding ortho intramolecular Hbond substituents is 1. The van der Waals surface area contributed by atoms with Gasteiger partial charge in [0.1, 0.15) is 10.6 Å². The van der Waals surface area contributed by atoms with E-state index in [1.54, 1.807) is 12.1 Å². The molecule has 1 aromatic heterocycles. The fourth-order valence-electron chi connectivity index (χ4n) is 3.94. The zero-order valence-electron chi connectivity index (χ0n) is 16.6. The lowest BCUT2D eigenvalue weighted by Gasteiger charge is -2.28. The van der Waals surface area contributed by atoms with Crippen LogP contribution in [0.3, 0.4) is 0 Å². The van der Waals surface area contributed by atoms with Crippen molar-refractivity contribution in [2.24, 2.45) is 5.73 Å². The van der Waals surface area contributed by atoms with Gasteiger partial charge >= 0.3 is 0 Å². The highest BCUT2D eigenvalue weighted by molar-refractivity contribution is 7.90. The molecule has 1 fully saturated rings. The molecule has 158 valence electrons. The maximum Gasteiger partial charge on any atom is 0.179 e. The van der Waals surface area contributed by atoms with E-state index >= 15 is 0 Å². The smallest absolute Gasteiger partial charge is 0.179 e. The van der Waals surface area contributed by atoms with Crippen LogP contribution >= 0.6 is 11.6 Å². The number of phenols is 1. The summed E-state index contributed by atoms with van der Waals surface area (Å²) in [6, 6.07) is 11.0. The van der Waals surface area contributed by atoms with Gasteiger partial charge in [0, 0.05) is 29.9 Å². The van der Waals surface area contributed by atoms with Crippen molar-refractivity contribution in [1.82, 2.24) is 4.98 Å². The highest BCUT2D eigenvalue weighted by atomic mass is 35.5. The highest BCUT2D eigenvalue weighted by Crippen LogP contribution is 2.36. The van der Waals surface area contributed by atoms with Crippen LogP contribution in [0, 0.1) is 0 Å². The number of aromatic hydroxyl groups is 1. The minimum Gasteiger partial charge on any atom is -0.506 e. The monoisotopic (exact) mass is 445 g/mol. The minimum atomic E-state index is -3.48. The van der Waals surface area contributed by atoms with Gasteiger partial charge in [-0.25, -0.2) is 8.42 Å². The van der Waals surface area contributed by atoms with Crippen LogP contribution in [0.5, 0.6) is 5.75 Å². The Labute approximate surface area is 181 Å². The molecule has 0 aliphatic heterocycles. The molecule has 0 atom stereocenters. The van der Waals surface area contributed by atoms with E-state index in [1.807, 2.05) is 18.2 Å². The number of sulfone groups is 1. The van der Waals surface area contributed by atoms with Gasteiger partial charge in [-0.1, -0.05) is 23.7 Å². The number of aromatic nitrogens is 1. The predicted octanol–water partition coefficient (Wildman–Crippen LogP) is 4.35. The highest BCUT2D eigenvalue weighted by Gasteiger charge is 2.23. The van der Waals surface area contributed by atoms with E-state index in [4.69, 9.17) is 17.3 Å². The third kappa shape index (κ3) is 4.24. The standard InChI is InChI=1S/C22H24ClN3O3S/c1-30(28,29)21-12-25-19-8-2-13(14-3-9-20(27)18(23)11-14)10-17(19)22(21)26-16-6-4-15(24)5-7-16/h2-3,8-12,15-16,27H,4-7,24H2,1H3,(H,25,26). The minimum absolute atomic E-state index is 0.0140. The van der Waals surface area contributed by atoms with Crippen molar-refractivity contribution < 1.29 is 13.5 Å². The summed E-state index contributed by atoms with van der Waals surface area (Å²) in [5.74, 6) is 0.0140. The molecule has 1 heterocycles. The van der Waals surface area contributed by atoms with Gasteiger partial charge < -0.3 is 16.2 Å². The Morgan fingerprint density at radius 3 is 2.43 bits per heavy atom. The average molecular weight is 446 g/mol. The number of hydrogen-bond donors (Lipinski definition) is 3. The molecule has 3 aromatic rings. The van der Waals surface area contributed by atoms with Crippen LogP contribution < -0.4 is 11.1 Å². The van der Waals surface area contributed by atoms with Crippen molar-refractivity contribution in [2.45, 2.75) is 42.7 Å². The molecule has 4 rings (SSSR count). The molecule has 30 heavy (non-hydrogen) atoms. The molecule has 0 saturated heterocycles. The van der Waals surface area contributed by atoms with E-state index in [0.717, 1.165) is 42.2 Å². The zero-order chi connectivity index (χ0) is 21.5. The van der Waals surface area contributed by atoms with Gasteiger partial charge in [0.25, 0.3) is 0 Å². The largest absolute Gasteiger partial charge is 0.506 e.